The second-order valence-corrected chi connectivity index (χ2v) is 7.12. The molecule has 1 fully saturated rings. The van der Waals surface area contributed by atoms with Crippen molar-refractivity contribution in [1.82, 2.24) is 25.1 Å². The molecular weight excluding hydrogens is 371 g/mol. The number of nitrogens with one attached hydrogen (secondary N) is 1. The third-order valence-corrected chi connectivity index (χ3v) is 5.17. The molecule has 1 amide bonds. The normalized spacial score (nSPS) is 18.8. The van der Waals surface area contributed by atoms with Gasteiger partial charge in [0.05, 0.1) is 29.6 Å². The van der Waals surface area contributed by atoms with Crippen molar-refractivity contribution in [3.8, 4) is 17.3 Å². The van der Waals surface area contributed by atoms with Gasteiger partial charge in [-0.25, -0.2) is 14.4 Å². The van der Waals surface area contributed by atoms with E-state index in [2.05, 4.69) is 20.4 Å². The Bertz CT molecular complexity index is 1050. The highest BCUT2D eigenvalue weighted by Crippen LogP contribution is 2.29. The minimum Gasteiger partial charge on any atom is -0.349 e. The Morgan fingerprint density at radius 1 is 1.24 bits per heavy atom. The van der Waals surface area contributed by atoms with Crippen LogP contribution in [-0.4, -0.2) is 31.7 Å². The van der Waals surface area contributed by atoms with Gasteiger partial charge in [0.25, 0.3) is 5.91 Å². The van der Waals surface area contributed by atoms with E-state index in [-0.39, 0.29) is 29.1 Å². The van der Waals surface area contributed by atoms with Crippen molar-refractivity contribution < 1.29 is 9.18 Å². The zero-order valence-corrected chi connectivity index (χ0v) is 15.6. The molecule has 8 heteroatoms. The Morgan fingerprint density at radius 3 is 2.79 bits per heavy atom. The quantitative estimate of drug-likeness (QED) is 0.738. The van der Waals surface area contributed by atoms with Crippen molar-refractivity contribution in [3.63, 3.8) is 0 Å². The Morgan fingerprint density at radius 2 is 2.07 bits per heavy atom. The molecule has 2 aromatic heterocycles. The maximum absolute atomic E-state index is 13.6. The number of carbonyl (C=O) groups excluding carboxylic acids is 1. The van der Waals surface area contributed by atoms with Gasteiger partial charge in [0, 0.05) is 29.6 Å². The molecular formula is C21H19FN6O. The van der Waals surface area contributed by atoms with E-state index in [1.54, 1.807) is 12.4 Å². The van der Waals surface area contributed by atoms with Gasteiger partial charge < -0.3 is 5.32 Å². The maximum atomic E-state index is 13.6. The van der Waals surface area contributed by atoms with E-state index in [9.17, 15) is 9.18 Å². The van der Waals surface area contributed by atoms with Crippen LogP contribution in [0.4, 0.5) is 4.39 Å². The lowest BCUT2D eigenvalue weighted by Gasteiger charge is -2.29. The Kier molecular flexibility index (Phi) is 5.29. The first-order valence-electron chi connectivity index (χ1n) is 9.44. The first kappa shape index (κ1) is 18.7. The summed E-state index contributed by atoms with van der Waals surface area (Å²) in [5, 5.41) is 16.4. The minimum absolute atomic E-state index is 0.0180. The average molecular weight is 390 g/mol. The first-order chi connectivity index (χ1) is 14.1. The van der Waals surface area contributed by atoms with E-state index in [1.807, 2.05) is 23.0 Å². The van der Waals surface area contributed by atoms with Gasteiger partial charge in [-0.1, -0.05) is 0 Å². The zero-order chi connectivity index (χ0) is 20.2. The molecule has 0 spiro atoms. The molecule has 1 N–H and O–H groups in total. The molecule has 1 saturated carbocycles. The third kappa shape index (κ3) is 4.29. The van der Waals surface area contributed by atoms with Crippen LogP contribution >= 0.6 is 0 Å². The van der Waals surface area contributed by atoms with Crippen LogP contribution < -0.4 is 5.32 Å². The van der Waals surface area contributed by atoms with Crippen LogP contribution in [-0.2, 0) is 0 Å². The van der Waals surface area contributed by atoms with E-state index < -0.39 is 5.82 Å². The van der Waals surface area contributed by atoms with Gasteiger partial charge in [-0.05, 0) is 49.9 Å². The second kappa shape index (κ2) is 8.19. The maximum Gasteiger partial charge on any atom is 0.251 e. The summed E-state index contributed by atoms with van der Waals surface area (Å²) in [6, 6.07) is 7.66. The fourth-order valence-electron chi connectivity index (χ4n) is 3.67. The smallest absolute Gasteiger partial charge is 0.251 e. The van der Waals surface area contributed by atoms with Crippen LogP contribution in [0, 0.1) is 17.1 Å². The molecule has 1 aliphatic carbocycles. The topological polar surface area (TPSA) is 96.5 Å². The minimum atomic E-state index is -0.587. The van der Waals surface area contributed by atoms with Crippen molar-refractivity contribution in [3.05, 3.63) is 66.1 Å². The fraction of sp³-hybridized carbons (Fsp3) is 0.286. The van der Waals surface area contributed by atoms with Crippen LogP contribution in [0.5, 0.6) is 0 Å². The number of hydrogen-bond donors (Lipinski definition) is 1. The SMILES string of the molecule is N#Cc1cc(F)cc(C(=O)NC2CCC(n3cc(-c4ccncn4)cn3)CC2)c1. The van der Waals surface area contributed by atoms with E-state index >= 15 is 0 Å². The lowest BCUT2D eigenvalue weighted by atomic mass is 9.91. The van der Waals surface area contributed by atoms with Gasteiger partial charge in [-0.3, -0.25) is 9.48 Å². The number of carbonyl (C=O) groups is 1. The summed E-state index contributed by atoms with van der Waals surface area (Å²) in [5.41, 5.74) is 2.09. The van der Waals surface area contributed by atoms with E-state index in [0.717, 1.165) is 49.1 Å². The predicted molar refractivity (Wildman–Crippen MR) is 103 cm³/mol. The standard InChI is InChI=1S/C21H19FN6O/c22-17-8-14(10-23)7-15(9-17)21(29)27-18-1-3-19(4-2-18)28-12-16(11-26-28)20-5-6-24-13-25-20/h5-9,11-13,18-19H,1-4H2,(H,27,29). The van der Waals surface area contributed by atoms with Gasteiger partial charge in [0.1, 0.15) is 12.1 Å². The van der Waals surface area contributed by atoms with E-state index in [0.29, 0.717) is 0 Å². The summed E-state index contributed by atoms with van der Waals surface area (Å²) in [6.45, 7) is 0. The van der Waals surface area contributed by atoms with Crippen molar-refractivity contribution >= 4 is 5.91 Å². The van der Waals surface area contributed by atoms with Gasteiger partial charge >= 0.3 is 0 Å². The third-order valence-electron chi connectivity index (χ3n) is 5.17. The molecule has 0 saturated heterocycles. The van der Waals surface area contributed by atoms with Crippen molar-refractivity contribution in [1.29, 1.82) is 5.26 Å². The lowest BCUT2D eigenvalue weighted by molar-refractivity contribution is 0.0921. The number of halogens is 1. The lowest BCUT2D eigenvalue weighted by Crippen LogP contribution is -2.38. The average Bonchev–Trinajstić information content (AvgIpc) is 3.25. The molecule has 146 valence electrons. The Balaban J connectivity index is 1.35. The zero-order valence-electron chi connectivity index (χ0n) is 15.6. The molecule has 0 aliphatic heterocycles. The molecule has 2 heterocycles. The van der Waals surface area contributed by atoms with E-state index in [1.165, 1.54) is 12.4 Å². The summed E-state index contributed by atoms with van der Waals surface area (Å²) >= 11 is 0. The van der Waals surface area contributed by atoms with Crippen LogP contribution in [0.3, 0.4) is 0 Å². The molecule has 0 unspecified atom stereocenters. The summed E-state index contributed by atoms with van der Waals surface area (Å²) in [7, 11) is 0. The molecule has 7 nitrogen and oxygen atoms in total. The number of nitriles is 1. The number of rotatable bonds is 4. The number of aromatic nitrogens is 4. The van der Waals surface area contributed by atoms with Crippen molar-refractivity contribution in [2.24, 2.45) is 0 Å². The molecule has 29 heavy (non-hydrogen) atoms. The Hall–Kier alpha value is -3.60. The summed E-state index contributed by atoms with van der Waals surface area (Å²) in [5.74, 6) is -0.939. The van der Waals surface area contributed by atoms with Crippen LogP contribution in [0.2, 0.25) is 0 Å². The van der Waals surface area contributed by atoms with Gasteiger partial charge in [-0.2, -0.15) is 10.4 Å². The monoisotopic (exact) mass is 390 g/mol. The molecule has 0 atom stereocenters. The van der Waals surface area contributed by atoms with Crippen LogP contribution in [0.15, 0.2) is 49.2 Å². The highest BCUT2D eigenvalue weighted by molar-refractivity contribution is 5.94. The highest BCUT2D eigenvalue weighted by Gasteiger charge is 2.25. The molecule has 0 radical (unpaired) electrons. The highest BCUT2D eigenvalue weighted by atomic mass is 19.1. The predicted octanol–water partition coefficient (Wildman–Crippen LogP) is 3.26. The molecule has 3 aromatic rings. The van der Waals surface area contributed by atoms with Gasteiger partial charge in [0.15, 0.2) is 0 Å². The molecule has 4 rings (SSSR count). The van der Waals surface area contributed by atoms with E-state index in [4.69, 9.17) is 5.26 Å². The van der Waals surface area contributed by atoms with Crippen LogP contribution in [0.1, 0.15) is 47.6 Å². The number of amides is 1. The molecule has 1 aliphatic rings. The Labute approximate surface area is 167 Å². The van der Waals surface area contributed by atoms with Crippen LogP contribution in [0.25, 0.3) is 11.3 Å². The number of benzene rings is 1. The summed E-state index contributed by atoms with van der Waals surface area (Å²) < 4.78 is 15.5. The number of nitrogens with zero attached hydrogens (tertiary/aromatic N) is 5. The summed E-state index contributed by atoms with van der Waals surface area (Å²) in [6.07, 6.45) is 10.4. The molecule has 1 aromatic carbocycles. The fourth-order valence-corrected chi connectivity index (χ4v) is 3.67. The van der Waals surface area contributed by atoms with Gasteiger partial charge in [-0.15, -0.1) is 0 Å². The molecule has 0 bridgehead atoms. The van der Waals surface area contributed by atoms with Crippen molar-refractivity contribution in [2.75, 3.05) is 0 Å². The number of hydrogen-bond acceptors (Lipinski definition) is 5. The van der Waals surface area contributed by atoms with Crippen molar-refractivity contribution in [2.45, 2.75) is 37.8 Å². The van der Waals surface area contributed by atoms with Gasteiger partial charge in [0.2, 0.25) is 0 Å². The largest absolute Gasteiger partial charge is 0.349 e. The first-order valence-corrected chi connectivity index (χ1v) is 9.44. The second-order valence-electron chi connectivity index (χ2n) is 7.12. The summed E-state index contributed by atoms with van der Waals surface area (Å²) in [4.78, 5) is 20.6.